The van der Waals surface area contributed by atoms with E-state index in [-0.39, 0.29) is 12.4 Å². The molecule has 0 spiro atoms. The van der Waals surface area contributed by atoms with E-state index in [1.807, 2.05) is 6.92 Å². The fraction of sp³-hybridized carbons (Fsp3) is 0.375. The zero-order valence-electron chi connectivity index (χ0n) is 13.0. The average molecular weight is 318 g/mol. The number of aliphatic imine (C=N–C) groups is 1. The predicted molar refractivity (Wildman–Crippen MR) is 82.5 cm³/mol. The van der Waals surface area contributed by atoms with E-state index in [9.17, 15) is 9.90 Å². The summed E-state index contributed by atoms with van der Waals surface area (Å²) in [6.45, 7) is 2.16. The third-order valence-corrected chi connectivity index (χ3v) is 3.74. The van der Waals surface area contributed by atoms with Gasteiger partial charge in [-0.15, -0.1) is 0 Å². The van der Waals surface area contributed by atoms with Gasteiger partial charge in [0, 0.05) is 5.70 Å². The molecule has 1 atom stereocenters. The molecule has 122 valence electrons. The minimum atomic E-state index is -0.998. The highest BCUT2D eigenvalue weighted by molar-refractivity contribution is 5.93. The number of nitrogens with zero attached hydrogens (tertiary/aromatic N) is 1. The number of benzene rings is 1. The molecule has 7 heteroatoms. The molecule has 0 fully saturated rings. The first kappa shape index (κ1) is 15.2. The van der Waals surface area contributed by atoms with Gasteiger partial charge in [0.1, 0.15) is 6.04 Å². The molecule has 2 aliphatic rings. The molecule has 0 amide bonds. The van der Waals surface area contributed by atoms with Gasteiger partial charge in [0.2, 0.25) is 6.79 Å². The topological polar surface area (TPSA) is 89.4 Å². The van der Waals surface area contributed by atoms with Crippen LogP contribution in [0.3, 0.4) is 0 Å². The molecule has 1 unspecified atom stereocenters. The van der Waals surface area contributed by atoms with Crippen LogP contribution in [0.4, 0.5) is 0 Å². The minimum absolute atomic E-state index is 0.167. The Hall–Kier alpha value is -2.70. The molecule has 0 saturated heterocycles. The van der Waals surface area contributed by atoms with Crippen molar-refractivity contribution < 1.29 is 24.1 Å². The van der Waals surface area contributed by atoms with Gasteiger partial charge >= 0.3 is 5.97 Å². The first-order chi connectivity index (χ1) is 11.1. The van der Waals surface area contributed by atoms with E-state index in [1.165, 1.54) is 7.11 Å². The number of amidine groups is 1. The monoisotopic (exact) mass is 318 g/mol. The zero-order chi connectivity index (χ0) is 16.4. The van der Waals surface area contributed by atoms with E-state index < -0.39 is 12.0 Å². The summed E-state index contributed by atoms with van der Waals surface area (Å²) in [5.41, 5.74) is 1.57. The van der Waals surface area contributed by atoms with Crippen molar-refractivity contribution in [3.63, 3.8) is 0 Å². The Bertz CT molecular complexity index is 696. The number of methoxy groups -OCH3 is 1. The lowest BCUT2D eigenvalue weighted by atomic mass is 9.94. The van der Waals surface area contributed by atoms with Crippen molar-refractivity contribution in [3.8, 4) is 11.5 Å². The lowest BCUT2D eigenvalue weighted by Gasteiger charge is -2.25. The number of hydrogen-bond donors (Lipinski definition) is 2. The average Bonchev–Trinajstić information content (AvgIpc) is 3.01. The lowest BCUT2D eigenvalue weighted by molar-refractivity contribution is -0.133. The quantitative estimate of drug-likeness (QED) is 0.884. The first-order valence-corrected chi connectivity index (χ1v) is 7.38. The van der Waals surface area contributed by atoms with Crippen molar-refractivity contribution in [1.82, 2.24) is 5.32 Å². The number of aliphatic carboxylic acids is 1. The van der Waals surface area contributed by atoms with Crippen molar-refractivity contribution in [2.75, 3.05) is 13.9 Å². The lowest BCUT2D eigenvalue weighted by Crippen LogP contribution is -2.33. The van der Waals surface area contributed by atoms with Crippen LogP contribution in [-0.4, -0.2) is 31.0 Å². The maximum absolute atomic E-state index is 11.8. The number of rotatable bonds is 4. The molecule has 1 aromatic rings. The Labute approximate surface area is 133 Å². The minimum Gasteiger partial charge on any atom is -0.478 e. The summed E-state index contributed by atoms with van der Waals surface area (Å²) in [5.74, 6) is 0.243. The summed E-state index contributed by atoms with van der Waals surface area (Å²) in [5, 5.41) is 12.6. The highest BCUT2D eigenvalue weighted by Crippen LogP contribution is 2.38. The van der Waals surface area contributed by atoms with E-state index in [0.29, 0.717) is 29.6 Å². The molecule has 2 N–H and O–H groups in total. The van der Waals surface area contributed by atoms with Crippen LogP contribution in [0, 0.1) is 0 Å². The fourth-order valence-electron chi connectivity index (χ4n) is 2.70. The van der Waals surface area contributed by atoms with Crippen molar-refractivity contribution in [1.29, 1.82) is 0 Å². The molecule has 1 aromatic carbocycles. The number of hydrogen-bond acceptors (Lipinski definition) is 6. The summed E-state index contributed by atoms with van der Waals surface area (Å²) in [7, 11) is 1.50. The number of fused-ring (bicyclic) bond motifs is 1. The Morgan fingerprint density at radius 3 is 2.91 bits per heavy atom. The Balaban J connectivity index is 2.06. The molecular weight excluding hydrogens is 300 g/mol. The molecule has 3 rings (SSSR count). The maximum atomic E-state index is 11.8. The summed E-state index contributed by atoms with van der Waals surface area (Å²) < 4.78 is 15.9. The third-order valence-electron chi connectivity index (χ3n) is 3.74. The SMILES string of the molecule is CCCC1=C(C(=O)O)C(c2ccc3c(c2)OCO3)N=C(OC)N1. The molecule has 0 aliphatic carbocycles. The highest BCUT2D eigenvalue weighted by atomic mass is 16.7. The van der Waals surface area contributed by atoms with Gasteiger partial charge in [0.15, 0.2) is 11.5 Å². The summed E-state index contributed by atoms with van der Waals surface area (Å²) in [6, 6.07) is 4.98. The Morgan fingerprint density at radius 1 is 1.43 bits per heavy atom. The van der Waals surface area contributed by atoms with Crippen LogP contribution in [0.25, 0.3) is 0 Å². The molecule has 2 heterocycles. The summed E-state index contributed by atoms with van der Waals surface area (Å²) in [6.07, 6.45) is 1.41. The number of allylic oxidation sites excluding steroid dienone is 1. The highest BCUT2D eigenvalue weighted by Gasteiger charge is 2.31. The van der Waals surface area contributed by atoms with Crippen LogP contribution in [0.5, 0.6) is 11.5 Å². The molecule has 0 bridgehead atoms. The van der Waals surface area contributed by atoms with Gasteiger partial charge in [-0.1, -0.05) is 19.4 Å². The van der Waals surface area contributed by atoms with Gasteiger partial charge < -0.3 is 24.6 Å². The summed E-state index contributed by atoms with van der Waals surface area (Å²) >= 11 is 0. The van der Waals surface area contributed by atoms with E-state index in [2.05, 4.69) is 10.3 Å². The number of nitrogens with one attached hydrogen (secondary N) is 1. The Morgan fingerprint density at radius 2 is 2.22 bits per heavy atom. The third kappa shape index (κ3) is 2.81. The second-order valence-corrected chi connectivity index (χ2v) is 5.23. The molecular formula is C16H18N2O5. The van der Waals surface area contributed by atoms with Gasteiger partial charge in [0.25, 0.3) is 6.02 Å². The number of carboxylic acid groups (broad SMARTS) is 1. The normalized spacial score (nSPS) is 19.2. The van der Waals surface area contributed by atoms with Gasteiger partial charge in [0.05, 0.1) is 12.7 Å². The van der Waals surface area contributed by atoms with Crippen LogP contribution in [0.1, 0.15) is 31.4 Å². The Kier molecular flexibility index (Phi) is 4.10. The molecule has 7 nitrogen and oxygen atoms in total. The van der Waals surface area contributed by atoms with Crippen LogP contribution < -0.4 is 14.8 Å². The van der Waals surface area contributed by atoms with Gasteiger partial charge in [-0.3, -0.25) is 0 Å². The predicted octanol–water partition coefficient (Wildman–Crippen LogP) is 2.20. The molecule has 0 saturated carbocycles. The number of carboxylic acids is 1. The van der Waals surface area contributed by atoms with E-state index in [0.717, 1.165) is 12.0 Å². The number of carbonyl (C=O) groups is 1. The van der Waals surface area contributed by atoms with Gasteiger partial charge in [-0.05, 0) is 24.1 Å². The summed E-state index contributed by atoms with van der Waals surface area (Å²) in [4.78, 5) is 16.2. The van der Waals surface area contributed by atoms with Gasteiger partial charge in [-0.2, -0.15) is 0 Å². The van der Waals surface area contributed by atoms with Crippen molar-refractivity contribution >= 4 is 12.0 Å². The fourth-order valence-corrected chi connectivity index (χ4v) is 2.70. The van der Waals surface area contributed by atoms with Crippen LogP contribution in [0.2, 0.25) is 0 Å². The van der Waals surface area contributed by atoms with Crippen molar-refractivity contribution in [2.45, 2.75) is 25.8 Å². The molecule has 23 heavy (non-hydrogen) atoms. The zero-order valence-corrected chi connectivity index (χ0v) is 13.0. The first-order valence-electron chi connectivity index (χ1n) is 7.38. The molecule has 0 aromatic heterocycles. The van der Waals surface area contributed by atoms with Crippen LogP contribution in [0.15, 0.2) is 34.5 Å². The van der Waals surface area contributed by atoms with E-state index in [1.54, 1.807) is 18.2 Å². The second kappa shape index (κ2) is 6.20. The van der Waals surface area contributed by atoms with Gasteiger partial charge in [-0.25, -0.2) is 9.79 Å². The molecule has 0 radical (unpaired) electrons. The number of ether oxygens (including phenoxy) is 3. The van der Waals surface area contributed by atoms with Crippen LogP contribution in [-0.2, 0) is 9.53 Å². The van der Waals surface area contributed by atoms with Crippen molar-refractivity contribution in [2.24, 2.45) is 4.99 Å². The van der Waals surface area contributed by atoms with E-state index in [4.69, 9.17) is 14.2 Å². The van der Waals surface area contributed by atoms with E-state index >= 15 is 0 Å². The van der Waals surface area contributed by atoms with Crippen LogP contribution >= 0.6 is 0 Å². The van der Waals surface area contributed by atoms with Crippen molar-refractivity contribution in [3.05, 3.63) is 35.0 Å². The largest absolute Gasteiger partial charge is 0.478 e. The molecule has 2 aliphatic heterocycles. The second-order valence-electron chi connectivity index (χ2n) is 5.23. The smallest absolute Gasteiger partial charge is 0.335 e. The standard InChI is InChI=1S/C16H18N2O5/c1-3-4-10-13(15(19)20)14(18-16(17-10)21-2)9-5-6-11-12(7-9)23-8-22-11/h5-7,14H,3-4,8H2,1-2H3,(H,17,18)(H,19,20). The maximum Gasteiger partial charge on any atom is 0.335 e.